The van der Waals surface area contributed by atoms with E-state index in [9.17, 15) is 14.7 Å². The molecule has 1 amide bonds. The van der Waals surface area contributed by atoms with Gasteiger partial charge in [0.05, 0.1) is 6.10 Å². The number of carbonyl (C=O) groups excluding carboxylic acids is 2. The lowest BCUT2D eigenvalue weighted by atomic mass is 9.64. The van der Waals surface area contributed by atoms with Gasteiger partial charge >= 0.3 is 5.97 Å². The molecule has 1 aliphatic carbocycles. The van der Waals surface area contributed by atoms with Crippen LogP contribution in [-0.4, -0.2) is 34.2 Å². The third-order valence-electron chi connectivity index (χ3n) is 5.31. The fourth-order valence-electron chi connectivity index (χ4n) is 4.10. The van der Waals surface area contributed by atoms with Crippen molar-refractivity contribution in [3.8, 4) is 0 Å². The van der Waals surface area contributed by atoms with Gasteiger partial charge in [0, 0.05) is 11.5 Å². The minimum absolute atomic E-state index is 0.166. The second kappa shape index (κ2) is 5.10. The van der Waals surface area contributed by atoms with Crippen LogP contribution in [0.3, 0.4) is 0 Å². The Bertz CT molecular complexity index is 587. The Kier molecular flexibility index (Phi) is 3.61. The normalized spacial score (nSPS) is 42.3. The molecule has 2 saturated heterocycles. The van der Waals surface area contributed by atoms with Crippen LogP contribution in [-0.2, 0) is 14.3 Å². The topological polar surface area (TPSA) is 75.6 Å². The molecule has 0 radical (unpaired) electrons. The summed E-state index contributed by atoms with van der Waals surface area (Å²) < 4.78 is 5.37. The molecule has 5 atom stereocenters. The van der Waals surface area contributed by atoms with Gasteiger partial charge in [-0.1, -0.05) is 23.8 Å². The van der Waals surface area contributed by atoms with E-state index in [0.29, 0.717) is 5.57 Å². The van der Waals surface area contributed by atoms with Crippen LogP contribution in [0.25, 0.3) is 0 Å². The van der Waals surface area contributed by atoms with E-state index in [1.165, 1.54) is 5.54 Å². The highest BCUT2D eigenvalue weighted by Crippen LogP contribution is 2.54. The molecule has 0 aromatic rings. The number of carbonyl (C=O) groups is 2. The van der Waals surface area contributed by atoms with Crippen LogP contribution >= 0.6 is 11.6 Å². The van der Waals surface area contributed by atoms with Crippen LogP contribution in [0.2, 0.25) is 0 Å². The van der Waals surface area contributed by atoms with E-state index in [2.05, 4.69) is 5.32 Å². The molecule has 2 fully saturated rings. The lowest BCUT2D eigenvalue weighted by molar-refractivity contribution is -0.235. The third kappa shape index (κ3) is 1.75. The molecule has 0 aromatic heterocycles. The summed E-state index contributed by atoms with van der Waals surface area (Å²) in [5, 5.41) is 13.6. The van der Waals surface area contributed by atoms with Crippen LogP contribution in [0.15, 0.2) is 23.3 Å². The van der Waals surface area contributed by atoms with Gasteiger partial charge in [0.1, 0.15) is 5.92 Å². The molecule has 0 spiro atoms. The number of fused-ring (bicyclic) bond motifs is 1. The third-order valence-corrected chi connectivity index (χ3v) is 5.66. The molecule has 0 aromatic carbocycles. The Morgan fingerprint density at radius 3 is 2.86 bits per heavy atom. The van der Waals surface area contributed by atoms with Gasteiger partial charge in [-0.2, -0.15) is 0 Å². The number of aliphatic hydroxyl groups is 1. The molecule has 2 heterocycles. The first-order valence-electron chi connectivity index (χ1n) is 7.55. The second-order valence-corrected chi connectivity index (χ2v) is 6.77. The molecule has 120 valence electrons. The predicted octanol–water partition coefficient (Wildman–Crippen LogP) is 1.65. The average Bonchev–Trinajstić information content (AvgIpc) is 2.70. The first-order valence-corrected chi connectivity index (χ1v) is 7.99. The van der Waals surface area contributed by atoms with Gasteiger partial charge in [-0.05, 0) is 38.7 Å². The summed E-state index contributed by atoms with van der Waals surface area (Å²) in [6.07, 6.45) is 5.64. The van der Waals surface area contributed by atoms with Crippen molar-refractivity contribution in [2.24, 2.45) is 11.8 Å². The summed E-state index contributed by atoms with van der Waals surface area (Å²) in [4.78, 5) is 24.7. The number of nitrogens with one attached hydrogen (secondary N) is 1. The highest BCUT2D eigenvalue weighted by molar-refractivity contribution is 6.26. The molecule has 1 unspecified atom stereocenters. The lowest BCUT2D eigenvalue weighted by Gasteiger charge is -2.54. The monoisotopic (exact) mass is 325 g/mol. The maximum absolute atomic E-state index is 12.4. The van der Waals surface area contributed by atoms with Crippen LogP contribution in [0.1, 0.15) is 33.1 Å². The summed E-state index contributed by atoms with van der Waals surface area (Å²) in [6.45, 7) is 3.41. The van der Waals surface area contributed by atoms with Crippen molar-refractivity contribution < 1.29 is 19.4 Å². The zero-order valence-corrected chi connectivity index (χ0v) is 13.4. The lowest BCUT2D eigenvalue weighted by Crippen LogP contribution is -2.80. The predicted molar refractivity (Wildman–Crippen MR) is 81.0 cm³/mol. The van der Waals surface area contributed by atoms with E-state index in [1.807, 2.05) is 12.2 Å². The molecule has 6 heteroatoms. The zero-order chi connectivity index (χ0) is 16.1. The van der Waals surface area contributed by atoms with Crippen LogP contribution in [0, 0.1) is 11.8 Å². The van der Waals surface area contributed by atoms with E-state index in [1.54, 1.807) is 13.8 Å². The van der Waals surface area contributed by atoms with Gasteiger partial charge < -0.3 is 15.2 Å². The number of amides is 1. The van der Waals surface area contributed by atoms with Crippen LogP contribution in [0.5, 0.6) is 0 Å². The molecule has 2 aliphatic heterocycles. The number of aliphatic hydroxyl groups excluding tert-OH is 1. The van der Waals surface area contributed by atoms with Gasteiger partial charge in [-0.25, -0.2) is 4.79 Å². The number of hydrogen-bond donors (Lipinski definition) is 2. The van der Waals surface area contributed by atoms with Crippen molar-refractivity contribution in [2.45, 2.75) is 50.4 Å². The maximum Gasteiger partial charge on any atom is 0.339 e. The van der Waals surface area contributed by atoms with E-state index in [0.717, 1.165) is 19.3 Å². The molecular formula is C16H20ClNO4. The van der Waals surface area contributed by atoms with Crippen molar-refractivity contribution in [3.63, 3.8) is 0 Å². The summed E-state index contributed by atoms with van der Waals surface area (Å²) >= 11 is 5.75. The molecular weight excluding hydrogens is 306 g/mol. The largest absolute Gasteiger partial charge is 0.453 e. The van der Waals surface area contributed by atoms with Gasteiger partial charge in [-0.15, -0.1) is 0 Å². The quantitative estimate of drug-likeness (QED) is 0.611. The van der Waals surface area contributed by atoms with Gasteiger partial charge in [0.25, 0.3) is 0 Å². The van der Waals surface area contributed by atoms with Crippen molar-refractivity contribution in [1.29, 1.82) is 0 Å². The Morgan fingerprint density at radius 1 is 1.59 bits per heavy atom. The number of hydrogen-bond acceptors (Lipinski definition) is 4. The molecule has 0 saturated carbocycles. The molecule has 5 nitrogen and oxygen atoms in total. The van der Waals surface area contributed by atoms with Crippen molar-refractivity contribution in [3.05, 3.63) is 23.3 Å². The smallest absolute Gasteiger partial charge is 0.339 e. The first kappa shape index (κ1) is 15.6. The summed E-state index contributed by atoms with van der Waals surface area (Å²) in [6, 6.07) is 0. The number of halogens is 1. The molecule has 3 aliphatic rings. The summed E-state index contributed by atoms with van der Waals surface area (Å²) in [5.41, 5.74) is -0.559. The minimum atomic E-state index is -1.39. The van der Waals surface area contributed by atoms with E-state index < -0.39 is 29.1 Å². The Hall–Kier alpha value is -1.33. The van der Waals surface area contributed by atoms with E-state index in [-0.39, 0.29) is 11.8 Å². The maximum atomic E-state index is 12.4. The van der Waals surface area contributed by atoms with Crippen molar-refractivity contribution >= 4 is 23.5 Å². The van der Waals surface area contributed by atoms with Gasteiger partial charge in [0.15, 0.2) is 5.60 Å². The zero-order valence-electron chi connectivity index (χ0n) is 12.6. The number of esters is 1. The Balaban J connectivity index is 2.01. The standard InChI is InChI=1S/C16H20ClNO4/c1-9(8-17)11-13(20)18-16(14(21)22-15(11,16)2)12(19)10-6-4-3-5-7-10/h4,6,8,10-12,19H,3,5,7H2,1-2H3,(H,18,20)/b9-8+/t10?,11-,12-,15-,16-/m0/s1. The van der Waals surface area contributed by atoms with Crippen molar-refractivity contribution in [2.75, 3.05) is 0 Å². The van der Waals surface area contributed by atoms with E-state index in [4.69, 9.17) is 16.3 Å². The minimum Gasteiger partial charge on any atom is -0.453 e. The van der Waals surface area contributed by atoms with Crippen LogP contribution < -0.4 is 5.32 Å². The Morgan fingerprint density at radius 2 is 2.32 bits per heavy atom. The Labute approximate surface area is 134 Å². The second-order valence-electron chi connectivity index (χ2n) is 6.55. The number of ether oxygens (including phenoxy) is 1. The number of rotatable bonds is 3. The molecule has 3 rings (SSSR count). The fraction of sp³-hybridized carbons (Fsp3) is 0.625. The van der Waals surface area contributed by atoms with Crippen molar-refractivity contribution in [1.82, 2.24) is 5.32 Å². The SMILES string of the molecule is C/C(=C\Cl)[C@H]1C(=O)N[C@@]2([C@@H](O)C3C=CCCC3)C(=O)O[C@@]12C. The van der Waals surface area contributed by atoms with E-state index >= 15 is 0 Å². The number of allylic oxidation sites excluding steroid dienone is 1. The highest BCUT2D eigenvalue weighted by atomic mass is 35.5. The molecule has 2 N–H and O–H groups in total. The average molecular weight is 326 g/mol. The first-order chi connectivity index (χ1) is 10.4. The summed E-state index contributed by atoms with van der Waals surface area (Å²) in [5.74, 6) is -1.74. The van der Waals surface area contributed by atoms with Crippen LogP contribution in [0.4, 0.5) is 0 Å². The van der Waals surface area contributed by atoms with Gasteiger partial charge in [0.2, 0.25) is 11.4 Å². The fourth-order valence-corrected chi connectivity index (χ4v) is 4.23. The highest BCUT2D eigenvalue weighted by Gasteiger charge is 2.79. The molecule has 22 heavy (non-hydrogen) atoms. The summed E-state index contributed by atoms with van der Waals surface area (Å²) in [7, 11) is 0. The molecule has 0 bridgehead atoms. The van der Waals surface area contributed by atoms with Gasteiger partial charge in [-0.3, -0.25) is 4.79 Å².